The second kappa shape index (κ2) is 8.32. The molecule has 22 heavy (non-hydrogen) atoms. The van der Waals surface area contributed by atoms with Crippen molar-refractivity contribution in [1.29, 1.82) is 0 Å². The van der Waals surface area contributed by atoms with Crippen LogP contribution in [0.5, 0.6) is 0 Å². The van der Waals surface area contributed by atoms with Crippen LogP contribution in [-0.2, 0) is 4.79 Å². The number of rotatable bonds is 5. The molecule has 0 aromatic heterocycles. The van der Waals surface area contributed by atoms with E-state index in [0.717, 1.165) is 22.3 Å². The molecule has 1 amide bonds. The maximum Gasteiger partial charge on any atom is 0.262 e. The Kier molecular flexibility index (Phi) is 6.43. The summed E-state index contributed by atoms with van der Waals surface area (Å²) in [6.07, 6.45) is 5.31. The number of carbonyl (C=O) groups is 1. The van der Waals surface area contributed by atoms with Crippen molar-refractivity contribution in [3.63, 3.8) is 0 Å². The molecule has 0 radical (unpaired) electrons. The molecule has 1 aromatic carbocycles. The topological polar surface area (TPSA) is 53.5 Å². The molecule has 1 aliphatic carbocycles. The lowest BCUT2D eigenvalue weighted by molar-refractivity contribution is -0.121. The fraction of sp³-hybridized carbons (Fsp3) is 0.529. The van der Waals surface area contributed by atoms with Crippen LogP contribution >= 0.6 is 15.9 Å². The van der Waals surface area contributed by atoms with Gasteiger partial charge in [0.1, 0.15) is 6.04 Å². The minimum absolute atomic E-state index is 0.0762. The van der Waals surface area contributed by atoms with Crippen LogP contribution in [-0.4, -0.2) is 17.7 Å². The quantitative estimate of drug-likeness (QED) is 0.763. The molecule has 1 aliphatic rings. The van der Waals surface area contributed by atoms with Crippen LogP contribution in [0.2, 0.25) is 0 Å². The van der Waals surface area contributed by atoms with Crippen molar-refractivity contribution in [2.75, 3.05) is 5.32 Å². The molecule has 2 atom stereocenters. The van der Waals surface area contributed by atoms with Gasteiger partial charge in [-0.05, 0) is 49.8 Å². The maximum absolute atomic E-state index is 12.3. The van der Waals surface area contributed by atoms with Crippen LogP contribution in [0, 0.1) is 5.92 Å². The first kappa shape index (κ1) is 17.0. The third-order valence-electron chi connectivity index (χ3n) is 4.09. The van der Waals surface area contributed by atoms with Gasteiger partial charge in [-0.25, -0.2) is 5.43 Å². The van der Waals surface area contributed by atoms with Gasteiger partial charge in [-0.3, -0.25) is 4.79 Å². The molecule has 2 rings (SSSR count). The van der Waals surface area contributed by atoms with E-state index in [1.807, 2.05) is 31.2 Å². The van der Waals surface area contributed by atoms with Gasteiger partial charge in [0.15, 0.2) is 0 Å². The molecule has 0 heterocycles. The molecule has 120 valence electrons. The van der Waals surface area contributed by atoms with E-state index in [9.17, 15) is 4.79 Å². The molecule has 0 bridgehead atoms. The van der Waals surface area contributed by atoms with E-state index in [1.165, 1.54) is 19.3 Å². The summed E-state index contributed by atoms with van der Waals surface area (Å²) in [4.78, 5) is 12.3. The first-order valence-corrected chi connectivity index (χ1v) is 8.78. The SMILES string of the molecule is CC[C@@H](Nc1cccc(Br)c1)C(=O)N/N=C1\CCCC[C@@H]1C. The fourth-order valence-corrected chi connectivity index (χ4v) is 3.07. The third kappa shape index (κ3) is 4.83. The summed E-state index contributed by atoms with van der Waals surface area (Å²) in [5, 5.41) is 7.62. The number of nitrogens with zero attached hydrogens (tertiary/aromatic N) is 1. The number of benzene rings is 1. The molecule has 0 spiro atoms. The number of hydrazone groups is 1. The van der Waals surface area contributed by atoms with Gasteiger partial charge in [-0.15, -0.1) is 0 Å². The zero-order valence-electron chi connectivity index (χ0n) is 13.2. The zero-order chi connectivity index (χ0) is 15.9. The van der Waals surface area contributed by atoms with Crippen LogP contribution < -0.4 is 10.7 Å². The zero-order valence-corrected chi connectivity index (χ0v) is 14.8. The van der Waals surface area contributed by atoms with Crippen LogP contribution in [0.15, 0.2) is 33.8 Å². The maximum atomic E-state index is 12.3. The Morgan fingerprint density at radius 3 is 2.95 bits per heavy atom. The summed E-state index contributed by atoms with van der Waals surface area (Å²) < 4.78 is 0.990. The smallest absolute Gasteiger partial charge is 0.262 e. The van der Waals surface area contributed by atoms with Gasteiger partial charge in [-0.2, -0.15) is 5.10 Å². The first-order valence-electron chi connectivity index (χ1n) is 7.98. The lowest BCUT2D eigenvalue weighted by Crippen LogP contribution is -2.37. The standard InChI is InChI=1S/C17H24BrN3O/c1-3-15(19-14-9-6-8-13(18)11-14)17(22)21-20-16-10-5-4-7-12(16)2/h6,8-9,11-12,15,19H,3-5,7,10H2,1-2H3,(H,21,22)/b20-16+/t12-,15+/m0/s1. The molecule has 0 aliphatic heterocycles. The Morgan fingerprint density at radius 2 is 2.27 bits per heavy atom. The van der Waals surface area contributed by atoms with Gasteiger partial charge < -0.3 is 5.32 Å². The Bertz CT molecular complexity index is 544. The Morgan fingerprint density at radius 1 is 1.45 bits per heavy atom. The third-order valence-corrected chi connectivity index (χ3v) is 4.58. The van der Waals surface area contributed by atoms with Crippen LogP contribution in [0.1, 0.15) is 46.0 Å². The van der Waals surface area contributed by atoms with E-state index >= 15 is 0 Å². The molecule has 5 heteroatoms. The van der Waals surface area contributed by atoms with Gasteiger partial charge in [-0.1, -0.05) is 42.3 Å². The van der Waals surface area contributed by atoms with Crippen molar-refractivity contribution in [3.8, 4) is 0 Å². The Labute approximate surface area is 140 Å². The van der Waals surface area contributed by atoms with Crippen molar-refractivity contribution < 1.29 is 4.79 Å². The average Bonchev–Trinajstić information content (AvgIpc) is 2.51. The molecule has 0 unspecified atom stereocenters. The number of carbonyl (C=O) groups excluding carboxylic acids is 1. The summed E-state index contributed by atoms with van der Waals surface area (Å²) in [7, 11) is 0. The van der Waals surface area contributed by atoms with Crippen LogP contribution in [0.3, 0.4) is 0 Å². The summed E-state index contributed by atoms with van der Waals surface area (Å²) in [5.41, 5.74) is 4.79. The largest absolute Gasteiger partial charge is 0.374 e. The molecular weight excluding hydrogens is 342 g/mol. The normalized spacial score (nSPS) is 21.4. The van der Waals surface area contributed by atoms with Crippen molar-refractivity contribution in [1.82, 2.24) is 5.43 Å². The fourth-order valence-electron chi connectivity index (χ4n) is 2.67. The number of amides is 1. The van der Waals surface area contributed by atoms with E-state index < -0.39 is 0 Å². The molecule has 0 saturated heterocycles. The van der Waals surface area contributed by atoms with Crippen molar-refractivity contribution in [2.24, 2.45) is 11.0 Å². The monoisotopic (exact) mass is 365 g/mol. The van der Waals surface area contributed by atoms with Gasteiger partial charge >= 0.3 is 0 Å². The van der Waals surface area contributed by atoms with Gasteiger partial charge in [0, 0.05) is 15.9 Å². The number of hydrogen-bond acceptors (Lipinski definition) is 3. The highest BCUT2D eigenvalue weighted by atomic mass is 79.9. The van der Waals surface area contributed by atoms with Crippen LogP contribution in [0.4, 0.5) is 5.69 Å². The minimum Gasteiger partial charge on any atom is -0.374 e. The van der Waals surface area contributed by atoms with Gasteiger partial charge in [0.2, 0.25) is 0 Å². The molecule has 1 aromatic rings. The second-order valence-corrected chi connectivity index (χ2v) is 6.76. The summed E-state index contributed by atoms with van der Waals surface area (Å²) in [6.45, 7) is 4.17. The summed E-state index contributed by atoms with van der Waals surface area (Å²) in [6, 6.07) is 7.54. The van der Waals surface area contributed by atoms with E-state index in [2.05, 4.69) is 38.7 Å². The Balaban J connectivity index is 1.95. The van der Waals surface area contributed by atoms with Crippen molar-refractivity contribution >= 4 is 33.2 Å². The number of anilines is 1. The summed E-state index contributed by atoms with van der Waals surface area (Å²) in [5.74, 6) is 0.403. The highest BCUT2D eigenvalue weighted by molar-refractivity contribution is 9.10. The molecule has 4 nitrogen and oxygen atoms in total. The lowest BCUT2D eigenvalue weighted by atomic mass is 9.89. The van der Waals surface area contributed by atoms with Gasteiger partial charge in [0.25, 0.3) is 5.91 Å². The molecule has 1 fully saturated rings. The molecular formula is C17H24BrN3O. The number of hydrogen-bond donors (Lipinski definition) is 2. The predicted octanol–water partition coefficient (Wildman–Crippen LogP) is 4.32. The molecule has 1 saturated carbocycles. The predicted molar refractivity (Wildman–Crippen MR) is 95.1 cm³/mol. The lowest BCUT2D eigenvalue weighted by Gasteiger charge is -2.21. The highest BCUT2D eigenvalue weighted by Crippen LogP contribution is 2.21. The second-order valence-electron chi connectivity index (χ2n) is 5.84. The average molecular weight is 366 g/mol. The van der Waals surface area contributed by atoms with E-state index in [-0.39, 0.29) is 11.9 Å². The minimum atomic E-state index is -0.280. The van der Waals surface area contributed by atoms with E-state index in [0.29, 0.717) is 12.3 Å². The van der Waals surface area contributed by atoms with E-state index in [4.69, 9.17) is 0 Å². The number of halogens is 1. The molecule has 2 N–H and O–H groups in total. The highest BCUT2D eigenvalue weighted by Gasteiger charge is 2.19. The van der Waals surface area contributed by atoms with E-state index in [1.54, 1.807) is 0 Å². The van der Waals surface area contributed by atoms with Crippen molar-refractivity contribution in [3.05, 3.63) is 28.7 Å². The summed E-state index contributed by atoms with van der Waals surface area (Å²) >= 11 is 3.44. The van der Waals surface area contributed by atoms with Crippen molar-refractivity contribution in [2.45, 2.75) is 52.0 Å². The Hall–Kier alpha value is -1.36. The number of nitrogens with one attached hydrogen (secondary N) is 2. The van der Waals surface area contributed by atoms with Crippen LogP contribution in [0.25, 0.3) is 0 Å². The first-order chi connectivity index (χ1) is 10.6. The van der Waals surface area contributed by atoms with Gasteiger partial charge in [0.05, 0.1) is 0 Å².